The molecule has 2 heterocycles. The van der Waals surface area contributed by atoms with E-state index in [1.165, 1.54) is 12.1 Å². The van der Waals surface area contributed by atoms with Crippen molar-refractivity contribution < 1.29 is 4.92 Å². The van der Waals surface area contributed by atoms with Gasteiger partial charge in [0.05, 0.1) is 16.2 Å². The third-order valence-corrected chi connectivity index (χ3v) is 4.75. The van der Waals surface area contributed by atoms with E-state index in [4.69, 9.17) is 0 Å². The average Bonchev–Trinajstić information content (AvgIpc) is 2.69. The fourth-order valence-electron chi connectivity index (χ4n) is 3.33. The third kappa shape index (κ3) is 3.63. The summed E-state index contributed by atoms with van der Waals surface area (Å²) in [5.41, 5.74) is 3.39. The van der Waals surface area contributed by atoms with E-state index in [1.54, 1.807) is 12.1 Å². The fraction of sp³-hybridized carbons (Fsp3) is 0.200. The van der Waals surface area contributed by atoms with Gasteiger partial charge < -0.3 is 4.98 Å². The van der Waals surface area contributed by atoms with Gasteiger partial charge in [-0.25, -0.2) is 4.98 Å². The van der Waals surface area contributed by atoms with Gasteiger partial charge in [-0.2, -0.15) is 0 Å². The van der Waals surface area contributed by atoms with Crippen LogP contribution in [0, 0.1) is 10.1 Å². The molecule has 0 radical (unpaired) electrons. The molecule has 1 aliphatic rings. The largest absolute Gasteiger partial charge is 0.306 e. The highest BCUT2D eigenvalue weighted by molar-refractivity contribution is 5.54. The molecule has 1 aromatic heterocycles. The number of aromatic amines is 1. The molecule has 0 amide bonds. The van der Waals surface area contributed by atoms with E-state index in [9.17, 15) is 14.9 Å². The van der Waals surface area contributed by atoms with Crippen molar-refractivity contribution in [2.45, 2.75) is 19.5 Å². The lowest BCUT2D eigenvalue weighted by atomic mass is 10.1. The van der Waals surface area contributed by atoms with Crippen LogP contribution in [0.3, 0.4) is 0 Å². The molecule has 3 aromatic rings. The van der Waals surface area contributed by atoms with Crippen LogP contribution in [0.15, 0.2) is 59.4 Å². The zero-order valence-electron chi connectivity index (χ0n) is 14.6. The highest BCUT2D eigenvalue weighted by Crippen LogP contribution is 2.20. The molecule has 136 valence electrons. The molecule has 27 heavy (non-hydrogen) atoms. The van der Waals surface area contributed by atoms with E-state index >= 15 is 0 Å². The molecule has 0 unspecified atom stereocenters. The van der Waals surface area contributed by atoms with Crippen LogP contribution in [-0.4, -0.2) is 26.3 Å². The molecule has 7 nitrogen and oxygen atoms in total. The molecule has 1 aliphatic heterocycles. The molecule has 1 N–H and O–H groups in total. The maximum Gasteiger partial charge on any atom is 0.269 e. The Balaban J connectivity index is 1.53. The van der Waals surface area contributed by atoms with Crippen LogP contribution in [0.25, 0.3) is 11.4 Å². The van der Waals surface area contributed by atoms with E-state index in [1.807, 2.05) is 30.3 Å². The number of nitro benzene ring substituents is 1. The van der Waals surface area contributed by atoms with Gasteiger partial charge in [-0.15, -0.1) is 0 Å². The summed E-state index contributed by atoms with van der Waals surface area (Å²) in [6, 6.07) is 16.1. The number of hydrogen-bond acceptors (Lipinski definition) is 5. The van der Waals surface area contributed by atoms with Crippen LogP contribution < -0.4 is 5.56 Å². The van der Waals surface area contributed by atoms with Gasteiger partial charge in [0.1, 0.15) is 5.82 Å². The van der Waals surface area contributed by atoms with Crippen LogP contribution in [0.1, 0.15) is 16.8 Å². The second kappa shape index (κ2) is 7.13. The molecule has 0 bridgehead atoms. The minimum atomic E-state index is -0.406. The fourth-order valence-corrected chi connectivity index (χ4v) is 3.33. The Bertz CT molecular complexity index is 1030. The van der Waals surface area contributed by atoms with Crippen LogP contribution in [0.4, 0.5) is 5.69 Å². The highest BCUT2D eigenvalue weighted by atomic mass is 16.6. The lowest BCUT2D eigenvalue weighted by molar-refractivity contribution is -0.384. The van der Waals surface area contributed by atoms with E-state index in [0.717, 1.165) is 23.4 Å². The first kappa shape index (κ1) is 17.1. The number of nitrogens with one attached hydrogen (secondary N) is 1. The van der Waals surface area contributed by atoms with Gasteiger partial charge in [0.25, 0.3) is 11.2 Å². The SMILES string of the molecule is O=c1[nH]c(-c2ccccc2)nc2c1CN(Cc1ccc([N+](=O)[O-])cc1)CC2. The third-order valence-electron chi connectivity index (χ3n) is 4.75. The van der Waals surface area contributed by atoms with Crippen molar-refractivity contribution in [1.82, 2.24) is 14.9 Å². The molecule has 0 saturated heterocycles. The molecular formula is C20H18N4O3. The Morgan fingerprint density at radius 1 is 1.11 bits per heavy atom. The molecule has 0 atom stereocenters. The van der Waals surface area contributed by atoms with Gasteiger partial charge in [0, 0.05) is 43.8 Å². The average molecular weight is 362 g/mol. The van der Waals surface area contributed by atoms with Crippen molar-refractivity contribution in [3.8, 4) is 11.4 Å². The Hall–Kier alpha value is -3.32. The molecule has 0 fully saturated rings. The van der Waals surface area contributed by atoms with Crippen LogP contribution >= 0.6 is 0 Å². The normalized spacial score (nSPS) is 13.9. The second-order valence-corrected chi connectivity index (χ2v) is 6.59. The summed E-state index contributed by atoms with van der Waals surface area (Å²) in [5.74, 6) is 0.600. The van der Waals surface area contributed by atoms with Crippen molar-refractivity contribution in [3.05, 3.63) is 91.9 Å². The number of H-pyrrole nitrogens is 1. The van der Waals surface area contributed by atoms with Gasteiger partial charge in [-0.3, -0.25) is 19.8 Å². The molecular weight excluding hydrogens is 344 g/mol. The van der Waals surface area contributed by atoms with Gasteiger partial charge in [0.2, 0.25) is 0 Å². The summed E-state index contributed by atoms with van der Waals surface area (Å²) in [6.45, 7) is 1.94. The Morgan fingerprint density at radius 3 is 2.56 bits per heavy atom. The highest BCUT2D eigenvalue weighted by Gasteiger charge is 2.21. The summed E-state index contributed by atoms with van der Waals surface area (Å²) in [5, 5.41) is 10.8. The summed E-state index contributed by atoms with van der Waals surface area (Å²) >= 11 is 0. The summed E-state index contributed by atoms with van der Waals surface area (Å²) in [6.07, 6.45) is 0.700. The first-order valence-electron chi connectivity index (χ1n) is 8.73. The number of rotatable bonds is 4. The van der Waals surface area contributed by atoms with Crippen LogP contribution in [-0.2, 0) is 19.5 Å². The standard InChI is InChI=1S/C20H18N4O3/c25-20-17-13-23(12-14-6-8-16(9-7-14)24(26)27)11-10-18(17)21-19(22-20)15-4-2-1-3-5-15/h1-9H,10-13H2,(H,21,22,25). The minimum Gasteiger partial charge on any atom is -0.306 e. The molecule has 0 aliphatic carbocycles. The number of non-ortho nitro benzene ring substituents is 1. The number of hydrogen-bond donors (Lipinski definition) is 1. The summed E-state index contributed by atoms with van der Waals surface area (Å²) in [4.78, 5) is 32.6. The topological polar surface area (TPSA) is 92.1 Å². The number of benzene rings is 2. The Morgan fingerprint density at radius 2 is 1.85 bits per heavy atom. The van der Waals surface area contributed by atoms with Gasteiger partial charge in [-0.1, -0.05) is 42.5 Å². The lowest BCUT2D eigenvalue weighted by Crippen LogP contribution is -2.35. The number of nitrogens with zero attached hydrogens (tertiary/aromatic N) is 3. The number of aromatic nitrogens is 2. The number of fused-ring (bicyclic) bond motifs is 1. The predicted molar refractivity (Wildman–Crippen MR) is 101 cm³/mol. The first-order valence-corrected chi connectivity index (χ1v) is 8.73. The maximum atomic E-state index is 12.6. The molecule has 0 saturated carbocycles. The summed E-state index contributed by atoms with van der Waals surface area (Å²) in [7, 11) is 0. The van der Waals surface area contributed by atoms with Gasteiger partial charge >= 0.3 is 0 Å². The smallest absolute Gasteiger partial charge is 0.269 e. The van der Waals surface area contributed by atoms with Crippen molar-refractivity contribution in [3.63, 3.8) is 0 Å². The Labute approximate surface area is 155 Å². The van der Waals surface area contributed by atoms with Gasteiger partial charge in [0.15, 0.2) is 0 Å². The summed E-state index contributed by atoms with van der Waals surface area (Å²) < 4.78 is 0. The molecule has 7 heteroatoms. The van der Waals surface area contributed by atoms with Crippen molar-refractivity contribution in [2.24, 2.45) is 0 Å². The maximum absolute atomic E-state index is 12.6. The first-order chi connectivity index (χ1) is 13.1. The van der Waals surface area contributed by atoms with E-state index in [-0.39, 0.29) is 11.2 Å². The van der Waals surface area contributed by atoms with E-state index in [2.05, 4.69) is 14.9 Å². The molecule has 4 rings (SSSR count). The predicted octanol–water partition coefficient (Wildman–Crippen LogP) is 2.90. The van der Waals surface area contributed by atoms with Crippen molar-refractivity contribution >= 4 is 5.69 Å². The zero-order chi connectivity index (χ0) is 18.8. The quantitative estimate of drug-likeness (QED) is 0.569. The second-order valence-electron chi connectivity index (χ2n) is 6.59. The van der Waals surface area contributed by atoms with Crippen LogP contribution in [0.2, 0.25) is 0 Å². The minimum absolute atomic E-state index is 0.0804. The van der Waals surface area contributed by atoms with Crippen LogP contribution in [0.5, 0.6) is 0 Å². The zero-order valence-corrected chi connectivity index (χ0v) is 14.6. The number of nitro groups is 1. The molecule has 2 aromatic carbocycles. The lowest BCUT2D eigenvalue weighted by Gasteiger charge is -2.27. The monoisotopic (exact) mass is 362 g/mol. The van der Waals surface area contributed by atoms with Crippen molar-refractivity contribution in [1.29, 1.82) is 0 Å². The van der Waals surface area contributed by atoms with E-state index < -0.39 is 4.92 Å². The molecule has 0 spiro atoms. The Kier molecular flexibility index (Phi) is 4.52. The van der Waals surface area contributed by atoms with E-state index in [0.29, 0.717) is 30.9 Å². The van der Waals surface area contributed by atoms with Crippen molar-refractivity contribution in [2.75, 3.05) is 6.54 Å². The van der Waals surface area contributed by atoms with Gasteiger partial charge in [-0.05, 0) is 5.56 Å².